The maximum absolute atomic E-state index is 13.8. The van der Waals surface area contributed by atoms with Crippen molar-refractivity contribution in [2.45, 2.75) is 84.0 Å². The number of unbranched alkanes of at least 4 members (excludes halogenated alkanes) is 7. The van der Waals surface area contributed by atoms with Crippen LogP contribution >= 0.6 is 0 Å². The maximum atomic E-state index is 13.8. The Kier molecular flexibility index (Phi) is 10.4. The molecule has 0 unspecified atom stereocenters. The summed E-state index contributed by atoms with van der Waals surface area (Å²) in [4.78, 5) is 11.0. The molecule has 1 heterocycles. The quantitative estimate of drug-likeness (QED) is 0.350. The predicted molar refractivity (Wildman–Crippen MR) is 89.9 cm³/mol. The number of aryl methyl sites for hydroxylation is 2. The number of rotatable bonds is 13. The first kappa shape index (κ1) is 19.7. The second kappa shape index (κ2) is 12.1. The fourth-order valence-corrected chi connectivity index (χ4v) is 2.67. The monoisotopic (exact) mass is 326 g/mol. The Morgan fingerprint density at radius 1 is 1.04 bits per heavy atom. The predicted octanol–water partition coefficient (Wildman–Crippen LogP) is 5.60. The number of esters is 1. The molecule has 0 saturated heterocycles. The molecule has 0 aliphatic carbocycles. The molecule has 0 aliphatic rings. The summed E-state index contributed by atoms with van der Waals surface area (Å²) < 4.78 is 24.0. The van der Waals surface area contributed by atoms with Crippen LogP contribution in [0.3, 0.4) is 0 Å². The first-order valence-electron chi connectivity index (χ1n) is 9.01. The third kappa shape index (κ3) is 8.77. The van der Waals surface area contributed by atoms with E-state index in [2.05, 4.69) is 11.7 Å². The van der Waals surface area contributed by atoms with Crippen molar-refractivity contribution in [2.75, 3.05) is 7.11 Å². The summed E-state index contributed by atoms with van der Waals surface area (Å²) in [5.41, 5.74) is 0. The molecule has 4 heteroatoms. The van der Waals surface area contributed by atoms with Gasteiger partial charge in [0.15, 0.2) is 5.82 Å². The van der Waals surface area contributed by atoms with Crippen LogP contribution in [-0.4, -0.2) is 13.1 Å². The Hall–Kier alpha value is -1.32. The zero-order chi connectivity index (χ0) is 16.9. The molecule has 132 valence electrons. The zero-order valence-electron chi connectivity index (χ0n) is 14.7. The van der Waals surface area contributed by atoms with E-state index in [1.54, 1.807) is 6.07 Å². The fourth-order valence-electron chi connectivity index (χ4n) is 2.67. The molecule has 23 heavy (non-hydrogen) atoms. The summed E-state index contributed by atoms with van der Waals surface area (Å²) >= 11 is 0. The van der Waals surface area contributed by atoms with Crippen LogP contribution in [0.1, 0.15) is 82.7 Å². The highest BCUT2D eigenvalue weighted by molar-refractivity contribution is 5.68. The second-order valence-electron chi connectivity index (χ2n) is 6.14. The number of carbonyl (C=O) groups is 1. The van der Waals surface area contributed by atoms with E-state index >= 15 is 0 Å². The molecule has 0 radical (unpaired) electrons. The van der Waals surface area contributed by atoms with Crippen molar-refractivity contribution >= 4 is 5.97 Å². The molecule has 0 aromatic carbocycles. The molecule has 0 N–H and O–H groups in total. The molecule has 1 aromatic rings. The topological polar surface area (TPSA) is 39.4 Å². The van der Waals surface area contributed by atoms with E-state index in [0.717, 1.165) is 57.1 Å². The summed E-state index contributed by atoms with van der Waals surface area (Å²) in [5.74, 6) is 0.967. The van der Waals surface area contributed by atoms with Gasteiger partial charge in [-0.2, -0.15) is 0 Å². The summed E-state index contributed by atoms with van der Waals surface area (Å²) in [5, 5.41) is 0. The second-order valence-corrected chi connectivity index (χ2v) is 6.14. The lowest BCUT2D eigenvalue weighted by Crippen LogP contribution is -1.99. The van der Waals surface area contributed by atoms with E-state index < -0.39 is 0 Å². The molecule has 3 nitrogen and oxygen atoms in total. The first-order chi connectivity index (χ1) is 11.2. The zero-order valence-corrected chi connectivity index (χ0v) is 14.7. The van der Waals surface area contributed by atoms with Gasteiger partial charge in [0.05, 0.1) is 7.11 Å². The summed E-state index contributed by atoms with van der Waals surface area (Å²) in [6.07, 6.45) is 11.6. The maximum Gasteiger partial charge on any atom is 0.305 e. The largest absolute Gasteiger partial charge is 0.469 e. The van der Waals surface area contributed by atoms with Gasteiger partial charge in [0.1, 0.15) is 11.5 Å². The molecule has 0 spiro atoms. The van der Waals surface area contributed by atoms with Gasteiger partial charge in [-0.25, -0.2) is 4.39 Å². The Morgan fingerprint density at radius 2 is 1.70 bits per heavy atom. The van der Waals surface area contributed by atoms with Gasteiger partial charge in [0.25, 0.3) is 0 Å². The normalized spacial score (nSPS) is 10.9. The highest BCUT2D eigenvalue weighted by atomic mass is 19.1. The highest BCUT2D eigenvalue weighted by Crippen LogP contribution is 2.19. The number of carbonyl (C=O) groups excluding carboxylic acids is 1. The molecule has 0 aliphatic heterocycles. The number of hydrogen-bond donors (Lipinski definition) is 0. The molecular formula is C19H31FO3. The van der Waals surface area contributed by atoms with Gasteiger partial charge in [-0.1, -0.05) is 45.4 Å². The lowest BCUT2D eigenvalue weighted by Gasteiger charge is -2.01. The van der Waals surface area contributed by atoms with Crippen molar-refractivity contribution in [3.63, 3.8) is 0 Å². The van der Waals surface area contributed by atoms with Crippen LogP contribution in [0, 0.1) is 5.82 Å². The van der Waals surface area contributed by atoms with E-state index in [0.29, 0.717) is 18.6 Å². The Bertz CT molecular complexity index is 440. The number of hydrogen-bond acceptors (Lipinski definition) is 3. The van der Waals surface area contributed by atoms with Crippen LogP contribution in [0.25, 0.3) is 0 Å². The van der Waals surface area contributed by atoms with E-state index in [-0.39, 0.29) is 11.8 Å². The number of ether oxygens (including phenoxy) is 1. The van der Waals surface area contributed by atoms with Crippen molar-refractivity contribution in [3.8, 4) is 0 Å². The average molecular weight is 326 g/mol. The molecule has 0 saturated carbocycles. The summed E-state index contributed by atoms with van der Waals surface area (Å²) in [7, 11) is 1.42. The SMILES string of the molecule is CCCCCCc1oc(CCCCCCCC(=O)OC)cc1F. The molecular weight excluding hydrogens is 295 g/mol. The summed E-state index contributed by atoms with van der Waals surface area (Å²) in [6.45, 7) is 2.17. The number of methoxy groups -OCH3 is 1. The Morgan fingerprint density at radius 3 is 2.43 bits per heavy atom. The lowest BCUT2D eigenvalue weighted by atomic mass is 10.1. The van der Waals surface area contributed by atoms with Crippen molar-refractivity contribution in [1.29, 1.82) is 0 Å². The fraction of sp³-hybridized carbons (Fsp3) is 0.737. The van der Waals surface area contributed by atoms with Gasteiger partial charge in [-0.15, -0.1) is 0 Å². The van der Waals surface area contributed by atoms with Crippen LogP contribution in [-0.2, 0) is 22.4 Å². The van der Waals surface area contributed by atoms with Gasteiger partial charge < -0.3 is 9.15 Å². The van der Waals surface area contributed by atoms with Crippen LogP contribution in [0.4, 0.5) is 4.39 Å². The van der Waals surface area contributed by atoms with Crippen molar-refractivity contribution in [3.05, 3.63) is 23.4 Å². The average Bonchev–Trinajstić information content (AvgIpc) is 2.90. The third-order valence-corrected chi connectivity index (χ3v) is 4.10. The number of furan rings is 1. The minimum atomic E-state index is -0.186. The van der Waals surface area contributed by atoms with Gasteiger partial charge in [0, 0.05) is 25.3 Å². The number of halogens is 1. The van der Waals surface area contributed by atoms with Crippen LogP contribution in [0.15, 0.2) is 10.5 Å². The van der Waals surface area contributed by atoms with Crippen molar-refractivity contribution < 1.29 is 18.3 Å². The first-order valence-corrected chi connectivity index (χ1v) is 9.01. The van der Waals surface area contributed by atoms with Crippen molar-refractivity contribution in [2.24, 2.45) is 0 Å². The molecule has 0 amide bonds. The van der Waals surface area contributed by atoms with E-state index in [9.17, 15) is 9.18 Å². The minimum Gasteiger partial charge on any atom is -0.469 e. The highest BCUT2D eigenvalue weighted by Gasteiger charge is 2.10. The van der Waals surface area contributed by atoms with Crippen LogP contribution in [0.2, 0.25) is 0 Å². The Labute approximate surface area is 139 Å². The minimum absolute atomic E-state index is 0.137. The summed E-state index contributed by atoms with van der Waals surface area (Å²) in [6, 6.07) is 1.55. The van der Waals surface area contributed by atoms with Gasteiger partial charge in [-0.3, -0.25) is 4.79 Å². The smallest absolute Gasteiger partial charge is 0.305 e. The van der Waals surface area contributed by atoms with E-state index in [1.165, 1.54) is 20.0 Å². The van der Waals surface area contributed by atoms with E-state index in [4.69, 9.17) is 4.42 Å². The standard InChI is InChI=1S/C19H31FO3/c1-3-4-5-10-13-18-17(20)15-16(23-18)12-9-7-6-8-11-14-19(21)22-2/h15H,3-14H2,1-2H3. The van der Waals surface area contributed by atoms with Crippen molar-refractivity contribution in [1.82, 2.24) is 0 Å². The lowest BCUT2D eigenvalue weighted by molar-refractivity contribution is -0.140. The molecule has 0 bridgehead atoms. The van der Waals surface area contributed by atoms with Crippen LogP contribution < -0.4 is 0 Å². The van der Waals surface area contributed by atoms with Gasteiger partial charge in [-0.05, 0) is 19.3 Å². The Balaban J connectivity index is 2.12. The molecule has 0 atom stereocenters. The van der Waals surface area contributed by atoms with Gasteiger partial charge in [0.2, 0.25) is 0 Å². The molecule has 1 rings (SSSR count). The van der Waals surface area contributed by atoms with Crippen LogP contribution in [0.5, 0.6) is 0 Å². The van der Waals surface area contributed by atoms with Gasteiger partial charge >= 0.3 is 5.97 Å². The van der Waals surface area contributed by atoms with E-state index in [1.807, 2.05) is 0 Å². The third-order valence-electron chi connectivity index (χ3n) is 4.10. The molecule has 0 fully saturated rings. The molecule has 1 aromatic heterocycles.